The molecule has 4 rings (SSSR count). The van der Waals surface area contributed by atoms with Crippen LogP contribution in [0.2, 0.25) is 0 Å². The van der Waals surface area contributed by atoms with Crippen LogP contribution in [0.4, 0.5) is 8.78 Å². The molecule has 0 radical (unpaired) electrons. The van der Waals surface area contributed by atoms with E-state index in [0.717, 1.165) is 11.1 Å². The highest BCUT2D eigenvalue weighted by Gasteiger charge is 2.30. The van der Waals surface area contributed by atoms with Crippen LogP contribution in [-0.4, -0.2) is 44.8 Å². The Balaban J connectivity index is 1.64. The molecular weight excluding hydrogens is 326 g/mol. The number of aromatic nitrogens is 3. The molecule has 7 heteroatoms. The number of rotatable bonds is 4. The van der Waals surface area contributed by atoms with Gasteiger partial charge < -0.3 is 4.90 Å². The highest BCUT2D eigenvalue weighted by Crippen LogP contribution is 2.24. The van der Waals surface area contributed by atoms with Gasteiger partial charge in [0.2, 0.25) is 5.91 Å². The SMILES string of the molecule is O=C(Cn1ncc2ncc(-c3cccc(CF)c3)cc21)N1CC(F)C1. The van der Waals surface area contributed by atoms with Crippen LogP contribution in [0.5, 0.6) is 0 Å². The minimum Gasteiger partial charge on any atom is -0.335 e. The van der Waals surface area contributed by atoms with Crippen molar-refractivity contribution in [3.05, 3.63) is 48.3 Å². The minimum atomic E-state index is -0.922. The largest absolute Gasteiger partial charge is 0.335 e. The van der Waals surface area contributed by atoms with E-state index in [1.165, 1.54) is 4.90 Å². The van der Waals surface area contributed by atoms with Crippen molar-refractivity contribution < 1.29 is 13.6 Å². The summed E-state index contributed by atoms with van der Waals surface area (Å²) in [4.78, 5) is 18.0. The number of nitrogens with zero attached hydrogens (tertiary/aromatic N) is 4. The monoisotopic (exact) mass is 342 g/mol. The third-order valence-corrected chi connectivity index (χ3v) is 4.38. The van der Waals surface area contributed by atoms with Gasteiger partial charge in [-0.1, -0.05) is 18.2 Å². The Morgan fingerprint density at radius 2 is 2.04 bits per heavy atom. The van der Waals surface area contributed by atoms with Gasteiger partial charge in [0.05, 0.1) is 24.8 Å². The number of alkyl halides is 2. The number of hydrogen-bond donors (Lipinski definition) is 0. The average Bonchev–Trinajstić information content (AvgIpc) is 3.01. The number of likely N-dealkylation sites (tertiary alicyclic amines) is 1. The maximum absolute atomic E-state index is 12.9. The zero-order chi connectivity index (χ0) is 17.4. The summed E-state index contributed by atoms with van der Waals surface area (Å²) in [6.45, 7) is -0.178. The van der Waals surface area contributed by atoms with Crippen molar-refractivity contribution in [2.45, 2.75) is 19.4 Å². The molecule has 0 aliphatic carbocycles. The molecule has 0 bridgehead atoms. The third-order valence-electron chi connectivity index (χ3n) is 4.38. The first kappa shape index (κ1) is 15.7. The van der Waals surface area contributed by atoms with Gasteiger partial charge in [-0.2, -0.15) is 5.10 Å². The van der Waals surface area contributed by atoms with Crippen LogP contribution < -0.4 is 0 Å². The number of carbonyl (C=O) groups is 1. The van der Waals surface area contributed by atoms with Crippen LogP contribution in [0.1, 0.15) is 5.56 Å². The topological polar surface area (TPSA) is 51.0 Å². The second-order valence-electron chi connectivity index (χ2n) is 6.16. The van der Waals surface area contributed by atoms with Gasteiger partial charge in [-0.05, 0) is 23.3 Å². The van der Waals surface area contributed by atoms with Gasteiger partial charge in [0, 0.05) is 11.8 Å². The van der Waals surface area contributed by atoms with Crippen molar-refractivity contribution in [3.8, 4) is 11.1 Å². The summed E-state index contributed by atoms with van der Waals surface area (Å²) >= 11 is 0. The standard InChI is InChI=1S/C18H16F2N4O/c19-6-12-2-1-3-13(4-12)14-5-17-16(21-7-14)8-22-24(17)11-18(25)23-9-15(20)10-23/h1-5,7-8,15H,6,9-11H2. The van der Waals surface area contributed by atoms with Gasteiger partial charge in [0.25, 0.3) is 0 Å². The van der Waals surface area contributed by atoms with E-state index in [-0.39, 0.29) is 25.5 Å². The average molecular weight is 342 g/mol. The summed E-state index contributed by atoms with van der Waals surface area (Å²) in [5, 5.41) is 4.22. The fourth-order valence-corrected chi connectivity index (χ4v) is 2.93. The molecule has 0 atom stereocenters. The van der Waals surface area contributed by atoms with Crippen LogP contribution >= 0.6 is 0 Å². The van der Waals surface area contributed by atoms with E-state index >= 15 is 0 Å². The van der Waals surface area contributed by atoms with Gasteiger partial charge in [0.1, 0.15) is 24.9 Å². The number of pyridine rings is 1. The summed E-state index contributed by atoms with van der Waals surface area (Å²) in [6.07, 6.45) is 2.38. The molecule has 0 unspecified atom stereocenters. The lowest BCUT2D eigenvalue weighted by Gasteiger charge is -2.34. The Kier molecular flexibility index (Phi) is 3.91. The zero-order valence-electron chi connectivity index (χ0n) is 13.4. The normalized spacial score (nSPS) is 14.7. The predicted octanol–water partition coefficient (Wildman–Crippen LogP) is 2.75. The Morgan fingerprint density at radius 1 is 1.20 bits per heavy atom. The maximum Gasteiger partial charge on any atom is 0.244 e. The van der Waals surface area contributed by atoms with Crippen molar-refractivity contribution in [1.82, 2.24) is 19.7 Å². The van der Waals surface area contributed by atoms with Crippen molar-refractivity contribution in [2.75, 3.05) is 13.1 Å². The molecule has 1 amide bonds. The molecule has 1 aliphatic heterocycles. The smallest absolute Gasteiger partial charge is 0.244 e. The van der Waals surface area contributed by atoms with E-state index in [4.69, 9.17) is 0 Å². The van der Waals surface area contributed by atoms with Gasteiger partial charge >= 0.3 is 0 Å². The first-order valence-corrected chi connectivity index (χ1v) is 8.03. The number of carbonyl (C=O) groups excluding carboxylic acids is 1. The number of halogens is 2. The fourth-order valence-electron chi connectivity index (χ4n) is 2.93. The van der Waals surface area contributed by atoms with E-state index < -0.39 is 12.8 Å². The predicted molar refractivity (Wildman–Crippen MR) is 89.3 cm³/mol. The van der Waals surface area contributed by atoms with Crippen LogP contribution in [0.3, 0.4) is 0 Å². The lowest BCUT2D eigenvalue weighted by molar-refractivity contribution is -0.139. The Morgan fingerprint density at radius 3 is 2.80 bits per heavy atom. The number of hydrogen-bond acceptors (Lipinski definition) is 3. The van der Waals surface area contributed by atoms with Crippen LogP contribution in [0.15, 0.2) is 42.7 Å². The summed E-state index contributed by atoms with van der Waals surface area (Å²) in [7, 11) is 0. The van der Waals surface area contributed by atoms with Gasteiger partial charge in [0.15, 0.2) is 0 Å². The van der Waals surface area contributed by atoms with E-state index in [9.17, 15) is 13.6 Å². The summed E-state index contributed by atoms with van der Waals surface area (Å²) < 4.78 is 27.4. The molecule has 1 aromatic carbocycles. The van der Waals surface area contributed by atoms with Crippen molar-refractivity contribution in [2.24, 2.45) is 0 Å². The molecule has 1 aliphatic rings. The number of benzene rings is 1. The highest BCUT2D eigenvalue weighted by molar-refractivity contribution is 5.83. The molecule has 0 saturated carbocycles. The van der Waals surface area contributed by atoms with E-state index in [1.54, 1.807) is 35.3 Å². The van der Waals surface area contributed by atoms with Crippen LogP contribution in [0.25, 0.3) is 22.2 Å². The quantitative estimate of drug-likeness (QED) is 0.733. The zero-order valence-corrected chi connectivity index (χ0v) is 13.4. The van der Waals surface area contributed by atoms with Gasteiger partial charge in [-0.3, -0.25) is 14.5 Å². The molecular formula is C18H16F2N4O. The molecule has 0 spiro atoms. The lowest BCUT2D eigenvalue weighted by Crippen LogP contribution is -2.52. The van der Waals surface area contributed by atoms with Gasteiger partial charge in [-0.15, -0.1) is 0 Å². The molecule has 2 aromatic heterocycles. The van der Waals surface area contributed by atoms with Crippen molar-refractivity contribution in [1.29, 1.82) is 0 Å². The lowest BCUT2D eigenvalue weighted by atomic mass is 10.0. The molecule has 1 fully saturated rings. The van der Waals surface area contributed by atoms with E-state index in [2.05, 4.69) is 10.1 Å². The minimum absolute atomic E-state index is 0.0475. The fraction of sp³-hybridized carbons (Fsp3) is 0.278. The highest BCUT2D eigenvalue weighted by atomic mass is 19.1. The molecule has 3 aromatic rings. The Labute approximate surface area is 142 Å². The third kappa shape index (κ3) is 2.97. The summed E-state index contributed by atoms with van der Waals surface area (Å²) in [6, 6.07) is 9.07. The van der Waals surface area contributed by atoms with E-state index in [0.29, 0.717) is 16.6 Å². The molecule has 0 N–H and O–H groups in total. The molecule has 5 nitrogen and oxygen atoms in total. The van der Waals surface area contributed by atoms with E-state index in [1.807, 2.05) is 12.1 Å². The molecule has 1 saturated heterocycles. The van der Waals surface area contributed by atoms with Crippen molar-refractivity contribution in [3.63, 3.8) is 0 Å². The Bertz CT molecular complexity index is 934. The van der Waals surface area contributed by atoms with Crippen LogP contribution in [-0.2, 0) is 18.0 Å². The summed E-state index contributed by atoms with van der Waals surface area (Å²) in [5.41, 5.74) is 3.66. The first-order chi connectivity index (χ1) is 12.1. The Hall–Kier alpha value is -2.83. The van der Waals surface area contributed by atoms with Crippen LogP contribution in [0, 0.1) is 0 Å². The number of amides is 1. The molecule has 25 heavy (non-hydrogen) atoms. The number of fused-ring (bicyclic) bond motifs is 1. The van der Waals surface area contributed by atoms with Gasteiger partial charge in [-0.25, -0.2) is 8.78 Å². The van der Waals surface area contributed by atoms with Crippen molar-refractivity contribution >= 4 is 16.9 Å². The summed E-state index contributed by atoms with van der Waals surface area (Å²) in [5.74, 6) is -0.163. The molecule has 3 heterocycles. The second kappa shape index (κ2) is 6.23. The first-order valence-electron chi connectivity index (χ1n) is 8.03. The second-order valence-corrected chi connectivity index (χ2v) is 6.16. The maximum atomic E-state index is 12.9. The molecule has 128 valence electrons.